The molecule has 0 aromatic rings. The molecule has 6 heteroatoms. The maximum Gasteiger partial charge on any atom is 0.306 e. The molecule has 0 aromatic carbocycles. The zero-order chi connectivity index (χ0) is 43.0. The molecule has 0 rings (SSSR count). The molecule has 59 heavy (non-hydrogen) atoms. The lowest BCUT2D eigenvalue weighted by Gasteiger charge is -2.18. The molecule has 0 N–H and O–H groups in total. The molecule has 0 aliphatic carbocycles. The third-order valence-electron chi connectivity index (χ3n) is 9.53. The minimum atomic E-state index is -0.805. The van der Waals surface area contributed by atoms with E-state index < -0.39 is 6.10 Å². The Morgan fingerprint density at radius 1 is 0.356 bits per heavy atom. The van der Waals surface area contributed by atoms with E-state index >= 15 is 0 Å². The lowest BCUT2D eigenvalue weighted by atomic mass is 10.1. The SMILES string of the molecule is CC/C=C\C/C=C\C/C=C\CCCCCCCC(=O)OCC(COC(=O)CCCCCCC/C=C\C/C=C\CCC)OC(=O)CCCCC/C=C\C/C=C\C/C=C\CC. The first-order valence-corrected chi connectivity index (χ1v) is 23.7. The number of rotatable bonds is 41. The number of unbranched alkanes of at least 4 members (excludes halogenated alkanes) is 14. The van der Waals surface area contributed by atoms with E-state index in [1.54, 1.807) is 0 Å². The molecule has 0 bridgehead atoms. The van der Waals surface area contributed by atoms with Crippen molar-refractivity contribution in [3.63, 3.8) is 0 Å². The highest BCUT2D eigenvalue weighted by molar-refractivity contribution is 5.71. The minimum absolute atomic E-state index is 0.104. The van der Waals surface area contributed by atoms with E-state index in [0.29, 0.717) is 12.8 Å². The Morgan fingerprint density at radius 3 is 1.05 bits per heavy atom. The molecule has 0 radical (unpaired) electrons. The normalized spacial score (nSPS) is 12.9. The number of hydrogen-bond donors (Lipinski definition) is 0. The molecule has 0 aromatic heterocycles. The van der Waals surface area contributed by atoms with Crippen LogP contribution in [-0.4, -0.2) is 37.2 Å². The molecule has 0 aliphatic rings. The van der Waals surface area contributed by atoms with Crippen LogP contribution in [-0.2, 0) is 28.6 Å². The lowest BCUT2D eigenvalue weighted by molar-refractivity contribution is -0.167. The van der Waals surface area contributed by atoms with Crippen molar-refractivity contribution in [1.29, 1.82) is 0 Å². The summed E-state index contributed by atoms with van der Waals surface area (Å²) < 4.78 is 16.7. The number of carbonyl (C=O) groups excluding carboxylic acids is 3. The van der Waals surface area contributed by atoms with Gasteiger partial charge in [-0.2, -0.15) is 0 Å². The van der Waals surface area contributed by atoms with Crippen molar-refractivity contribution in [2.45, 2.75) is 207 Å². The maximum absolute atomic E-state index is 12.7. The van der Waals surface area contributed by atoms with Crippen LogP contribution in [0.3, 0.4) is 0 Å². The highest BCUT2D eigenvalue weighted by Crippen LogP contribution is 2.12. The van der Waals surface area contributed by atoms with Crippen LogP contribution in [0.25, 0.3) is 0 Å². The third kappa shape index (κ3) is 45.3. The summed E-state index contributed by atoms with van der Waals surface area (Å²) in [5, 5.41) is 0. The first-order valence-electron chi connectivity index (χ1n) is 23.7. The van der Waals surface area contributed by atoms with Gasteiger partial charge in [-0.25, -0.2) is 0 Å². The number of carbonyl (C=O) groups is 3. The quantitative estimate of drug-likeness (QED) is 0.0265. The highest BCUT2D eigenvalue weighted by Gasteiger charge is 2.19. The summed E-state index contributed by atoms with van der Waals surface area (Å²) in [6.07, 6.45) is 61.0. The molecule has 1 atom stereocenters. The van der Waals surface area contributed by atoms with Gasteiger partial charge in [-0.1, -0.05) is 169 Å². The monoisotopic (exact) mass is 819 g/mol. The molecule has 0 spiro atoms. The maximum atomic E-state index is 12.7. The summed E-state index contributed by atoms with van der Waals surface area (Å²) in [4.78, 5) is 37.8. The van der Waals surface area contributed by atoms with Crippen LogP contribution in [0.15, 0.2) is 97.2 Å². The molecular formula is C53H86O6. The first-order chi connectivity index (χ1) is 29.0. The van der Waals surface area contributed by atoms with Crippen molar-refractivity contribution in [2.75, 3.05) is 13.2 Å². The number of ether oxygens (including phenoxy) is 3. The second-order valence-electron chi connectivity index (χ2n) is 15.2. The largest absolute Gasteiger partial charge is 0.462 e. The highest BCUT2D eigenvalue weighted by atomic mass is 16.6. The summed E-state index contributed by atoms with van der Waals surface area (Å²) in [6.45, 7) is 6.27. The van der Waals surface area contributed by atoms with Gasteiger partial charge >= 0.3 is 17.9 Å². The molecule has 6 nitrogen and oxygen atoms in total. The van der Waals surface area contributed by atoms with Crippen molar-refractivity contribution < 1.29 is 28.6 Å². The summed E-state index contributed by atoms with van der Waals surface area (Å²) in [5.74, 6) is -0.973. The molecule has 1 unspecified atom stereocenters. The Kier molecular flexibility index (Phi) is 44.1. The predicted octanol–water partition coefficient (Wildman–Crippen LogP) is 15.4. The van der Waals surface area contributed by atoms with E-state index in [9.17, 15) is 14.4 Å². The van der Waals surface area contributed by atoms with Gasteiger partial charge in [0.05, 0.1) is 0 Å². The fraction of sp³-hybridized carbons (Fsp3) is 0.642. The molecule has 0 heterocycles. The van der Waals surface area contributed by atoms with Gasteiger partial charge in [0, 0.05) is 19.3 Å². The second kappa shape index (κ2) is 47.0. The summed E-state index contributed by atoms with van der Waals surface area (Å²) in [5.41, 5.74) is 0. The number of esters is 3. The van der Waals surface area contributed by atoms with Gasteiger partial charge in [-0.3, -0.25) is 14.4 Å². The van der Waals surface area contributed by atoms with Gasteiger partial charge in [0.15, 0.2) is 6.10 Å². The fourth-order valence-electron chi connectivity index (χ4n) is 6.04. The molecule has 0 fully saturated rings. The second-order valence-corrected chi connectivity index (χ2v) is 15.2. The van der Waals surface area contributed by atoms with E-state index in [2.05, 4.69) is 118 Å². The topological polar surface area (TPSA) is 78.9 Å². The number of hydrogen-bond acceptors (Lipinski definition) is 6. The van der Waals surface area contributed by atoms with Crippen LogP contribution in [0.4, 0.5) is 0 Å². The van der Waals surface area contributed by atoms with E-state index in [0.717, 1.165) is 154 Å². The molecular weight excluding hydrogens is 733 g/mol. The predicted molar refractivity (Wildman–Crippen MR) is 251 cm³/mol. The van der Waals surface area contributed by atoms with Crippen LogP contribution in [0.1, 0.15) is 201 Å². The average molecular weight is 819 g/mol. The Bertz CT molecular complexity index is 1220. The van der Waals surface area contributed by atoms with Crippen molar-refractivity contribution in [3.05, 3.63) is 97.2 Å². The Balaban J connectivity index is 4.49. The fourth-order valence-corrected chi connectivity index (χ4v) is 6.04. The summed E-state index contributed by atoms with van der Waals surface area (Å²) in [6, 6.07) is 0. The van der Waals surface area contributed by atoms with Crippen LogP contribution < -0.4 is 0 Å². The van der Waals surface area contributed by atoms with E-state index in [4.69, 9.17) is 14.2 Å². The van der Waals surface area contributed by atoms with Crippen LogP contribution in [0, 0.1) is 0 Å². The Morgan fingerprint density at radius 2 is 0.661 bits per heavy atom. The number of allylic oxidation sites excluding steroid dienone is 16. The van der Waals surface area contributed by atoms with Gasteiger partial charge in [0.2, 0.25) is 0 Å². The molecule has 0 saturated heterocycles. The standard InChI is InChI=1S/C53H86O6/c1-4-7-10-13-16-19-22-25-26-29-31-34-37-40-43-46-52(55)58-49-50(59-53(56)47-44-41-38-35-32-28-24-21-18-15-12-9-6-3)48-57-51(54)45-42-39-36-33-30-27-23-20-17-14-11-8-5-2/h7,9-12,14,16,18-21,23,25-26,28,32,50H,4-6,8,13,15,17,22,24,27,29-31,33-49H2,1-3H3/b10-7-,12-9-,14-11-,19-16-,21-18-,23-20-,26-25-,32-28-. The van der Waals surface area contributed by atoms with Gasteiger partial charge in [0.25, 0.3) is 0 Å². The van der Waals surface area contributed by atoms with Gasteiger partial charge in [-0.05, 0) is 109 Å². The minimum Gasteiger partial charge on any atom is -0.462 e. The lowest BCUT2D eigenvalue weighted by Crippen LogP contribution is -2.30. The molecule has 334 valence electrons. The molecule has 0 saturated carbocycles. The third-order valence-corrected chi connectivity index (χ3v) is 9.53. The van der Waals surface area contributed by atoms with E-state index in [-0.39, 0.29) is 37.5 Å². The van der Waals surface area contributed by atoms with Gasteiger partial charge < -0.3 is 14.2 Å². The van der Waals surface area contributed by atoms with Gasteiger partial charge in [-0.15, -0.1) is 0 Å². The van der Waals surface area contributed by atoms with Gasteiger partial charge in [0.1, 0.15) is 13.2 Å². The van der Waals surface area contributed by atoms with Crippen molar-refractivity contribution in [2.24, 2.45) is 0 Å². The van der Waals surface area contributed by atoms with Crippen molar-refractivity contribution in [3.8, 4) is 0 Å². The van der Waals surface area contributed by atoms with E-state index in [1.807, 2.05) is 0 Å². The molecule has 0 amide bonds. The molecule has 0 aliphatic heterocycles. The van der Waals surface area contributed by atoms with Crippen LogP contribution >= 0.6 is 0 Å². The first kappa shape index (κ1) is 55.3. The Hall–Kier alpha value is -3.67. The zero-order valence-electron chi connectivity index (χ0n) is 38.0. The summed E-state index contributed by atoms with van der Waals surface area (Å²) >= 11 is 0. The van der Waals surface area contributed by atoms with Crippen LogP contribution in [0.2, 0.25) is 0 Å². The summed E-state index contributed by atoms with van der Waals surface area (Å²) in [7, 11) is 0. The van der Waals surface area contributed by atoms with Crippen molar-refractivity contribution >= 4 is 17.9 Å². The smallest absolute Gasteiger partial charge is 0.306 e. The van der Waals surface area contributed by atoms with Crippen LogP contribution in [0.5, 0.6) is 0 Å². The van der Waals surface area contributed by atoms with Crippen molar-refractivity contribution in [1.82, 2.24) is 0 Å². The Labute approximate surface area is 362 Å². The zero-order valence-corrected chi connectivity index (χ0v) is 38.0. The van der Waals surface area contributed by atoms with E-state index in [1.165, 1.54) is 6.42 Å². The average Bonchev–Trinajstić information content (AvgIpc) is 3.23.